The van der Waals surface area contributed by atoms with Crippen LogP contribution in [0.3, 0.4) is 0 Å². The van der Waals surface area contributed by atoms with Crippen molar-refractivity contribution in [1.82, 2.24) is 0 Å². The molecule has 0 spiro atoms. The summed E-state index contributed by atoms with van der Waals surface area (Å²) < 4.78 is 5.02. The SMILES string of the molecule is C=C1CC=C(COC)CC1. The average Bonchev–Trinajstić information content (AvgIpc) is 1.95. The van der Waals surface area contributed by atoms with E-state index in [2.05, 4.69) is 12.7 Å². The van der Waals surface area contributed by atoms with Crippen molar-refractivity contribution >= 4 is 0 Å². The van der Waals surface area contributed by atoms with Crippen molar-refractivity contribution in [2.24, 2.45) is 0 Å². The number of rotatable bonds is 2. The van der Waals surface area contributed by atoms with Gasteiger partial charge in [0.2, 0.25) is 0 Å². The second-order valence-electron chi connectivity index (χ2n) is 2.75. The molecule has 0 fully saturated rings. The molecule has 0 aromatic carbocycles. The van der Waals surface area contributed by atoms with Crippen LogP contribution in [0.5, 0.6) is 0 Å². The van der Waals surface area contributed by atoms with E-state index in [1.807, 2.05) is 0 Å². The van der Waals surface area contributed by atoms with Crippen molar-refractivity contribution in [3.05, 3.63) is 23.8 Å². The second-order valence-corrected chi connectivity index (χ2v) is 2.75. The summed E-state index contributed by atoms with van der Waals surface area (Å²) in [5.41, 5.74) is 2.77. The van der Waals surface area contributed by atoms with Crippen LogP contribution >= 0.6 is 0 Å². The molecule has 10 heavy (non-hydrogen) atoms. The number of hydrogen-bond acceptors (Lipinski definition) is 1. The molecular formula is C9H14O. The molecule has 0 saturated carbocycles. The molecule has 0 aromatic heterocycles. The Hall–Kier alpha value is -0.560. The zero-order valence-electron chi connectivity index (χ0n) is 6.52. The van der Waals surface area contributed by atoms with Gasteiger partial charge in [-0.05, 0) is 24.8 Å². The van der Waals surface area contributed by atoms with Gasteiger partial charge in [0.15, 0.2) is 0 Å². The van der Waals surface area contributed by atoms with Crippen LogP contribution in [0.4, 0.5) is 0 Å². The molecule has 0 N–H and O–H groups in total. The maximum atomic E-state index is 5.02. The van der Waals surface area contributed by atoms with E-state index in [1.54, 1.807) is 7.11 Å². The van der Waals surface area contributed by atoms with Crippen LogP contribution in [0.2, 0.25) is 0 Å². The lowest BCUT2D eigenvalue weighted by Crippen LogP contribution is -1.99. The molecule has 1 aliphatic rings. The summed E-state index contributed by atoms with van der Waals surface area (Å²) >= 11 is 0. The van der Waals surface area contributed by atoms with Gasteiger partial charge in [0, 0.05) is 7.11 Å². The Balaban J connectivity index is 2.40. The van der Waals surface area contributed by atoms with Crippen LogP contribution in [0.1, 0.15) is 19.3 Å². The highest BCUT2D eigenvalue weighted by molar-refractivity contribution is 5.16. The van der Waals surface area contributed by atoms with Crippen molar-refractivity contribution in [2.75, 3.05) is 13.7 Å². The minimum Gasteiger partial charge on any atom is -0.380 e. The molecule has 0 aliphatic heterocycles. The van der Waals surface area contributed by atoms with Gasteiger partial charge in [0.05, 0.1) is 6.61 Å². The van der Waals surface area contributed by atoms with Crippen LogP contribution < -0.4 is 0 Å². The van der Waals surface area contributed by atoms with E-state index < -0.39 is 0 Å². The minimum absolute atomic E-state index is 0.799. The second kappa shape index (κ2) is 3.57. The van der Waals surface area contributed by atoms with E-state index in [1.165, 1.54) is 11.1 Å². The monoisotopic (exact) mass is 138 g/mol. The fourth-order valence-corrected chi connectivity index (χ4v) is 1.15. The van der Waals surface area contributed by atoms with Crippen molar-refractivity contribution in [2.45, 2.75) is 19.3 Å². The number of methoxy groups -OCH3 is 1. The molecular weight excluding hydrogens is 124 g/mol. The molecule has 0 unspecified atom stereocenters. The molecule has 0 atom stereocenters. The lowest BCUT2D eigenvalue weighted by Gasteiger charge is -2.13. The summed E-state index contributed by atoms with van der Waals surface area (Å²) in [5, 5.41) is 0. The normalized spacial score (nSPS) is 18.9. The molecule has 56 valence electrons. The molecule has 1 rings (SSSR count). The third kappa shape index (κ3) is 1.99. The first kappa shape index (κ1) is 7.55. The fraction of sp³-hybridized carbons (Fsp3) is 0.556. The van der Waals surface area contributed by atoms with E-state index in [9.17, 15) is 0 Å². The van der Waals surface area contributed by atoms with Crippen molar-refractivity contribution < 1.29 is 4.74 Å². The zero-order chi connectivity index (χ0) is 7.40. The third-order valence-electron chi connectivity index (χ3n) is 1.81. The standard InChI is InChI=1S/C9H14O/c1-8-3-5-9(6-4-8)7-10-2/h5H,1,3-4,6-7H2,2H3. The number of hydrogen-bond donors (Lipinski definition) is 0. The van der Waals surface area contributed by atoms with Gasteiger partial charge in [-0.2, -0.15) is 0 Å². The first-order chi connectivity index (χ1) is 4.83. The Bertz CT molecular complexity index is 156. The highest BCUT2D eigenvalue weighted by Crippen LogP contribution is 2.20. The topological polar surface area (TPSA) is 9.23 Å². The number of allylic oxidation sites excluding steroid dienone is 2. The van der Waals surface area contributed by atoms with Gasteiger partial charge < -0.3 is 4.74 Å². The van der Waals surface area contributed by atoms with Gasteiger partial charge in [0.25, 0.3) is 0 Å². The molecule has 1 heteroatoms. The van der Waals surface area contributed by atoms with Crippen LogP contribution in [0.15, 0.2) is 23.8 Å². The Labute approximate surface area is 62.4 Å². The van der Waals surface area contributed by atoms with Gasteiger partial charge in [-0.1, -0.05) is 18.2 Å². The van der Waals surface area contributed by atoms with Crippen LogP contribution in [0.25, 0.3) is 0 Å². The lowest BCUT2D eigenvalue weighted by molar-refractivity contribution is 0.222. The Morgan fingerprint density at radius 3 is 2.90 bits per heavy atom. The first-order valence-corrected chi connectivity index (χ1v) is 3.66. The van der Waals surface area contributed by atoms with Gasteiger partial charge in [0.1, 0.15) is 0 Å². The smallest absolute Gasteiger partial charge is 0.0673 e. The molecule has 0 aromatic rings. The minimum atomic E-state index is 0.799. The predicted molar refractivity (Wildman–Crippen MR) is 43.0 cm³/mol. The molecule has 0 radical (unpaired) electrons. The Kier molecular flexibility index (Phi) is 2.69. The van der Waals surface area contributed by atoms with E-state index in [4.69, 9.17) is 4.74 Å². The Morgan fingerprint density at radius 1 is 1.60 bits per heavy atom. The largest absolute Gasteiger partial charge is 0.380 e. The van der Waals surface area contributed by atoms with Crippen molar-refractivity contribution in [3.63, 3.8) is 0 Å². The van der Waals surface area contributed by atoms with E-state index in [0.29, 0.717) is 0 Å². The Morgan fingerprint density at radius 2 is 2.40 bits per heavy atom. The van der Waals surface area contributed by atoms with Gasteiger partial charge in [-0.25, -0.2) is 0 Å². The quantitative estimate of drug-likeness (QED) is 0.532. The predicted octanol–water partition coefficient (Wildman–Crippen LogP) is 2.30. The van der Waals surface area contributed by atoms with Crippen LogP contribution in [-0.4, -0.2) is 13.7 Å². The van der Waals surface area contributed by atoms with E-state index in [-0.39, 0.29) is 0 Å². The summed E-state index contributed by atoms with van der Waals surface area (Å²) in [6.45, 7) is 4.72. The van der Waals surface area contributed by atoms with Crippen LogP contribution in [0, 0.1) is 0 Å². The zero-order valence-corrected chi connectivity index (χ0v) is 6.52. The van der Waals surface area contributed by atoms with Gasteiger partial charge >= 0.3 is 0 Å². The first-order valence-electron chi connectivity index (χ1n) is 3.66. The fourth-order valence-electron chi connectivity index (χ4n) is 1.15. The molecule has 0 heterocycles. The summed E-state index contributed by atoms with van der Waals surface area (Å²) in [5.74, 6) is 0. The van der Waals surface area contributed by atoms with Gasteiger partial charge in [-0.3, -0.25) is 0 Å². The van der Waals surface area contributed by atoms with E-state index >= 15 is 0 Å². The third-order valence-corrected chi connectivity index (χ3v) is 1.81. The molecule has 1 nitrogen and oxygen atoms in total. The van der Waals surface area contributed by atoms with Crippen molar-refractivity contribution in [1.29, 1.82) is 0 Å². The van der Waals surface area contributed by atoms with Gasteiger partial charge in [-0.15, -0.1) is 0 Å². The van der Waals surface area contributed by atoms with Crippen molar-refractivity contribution in [3.8, 4) is 0 Å². The average molecular weight is 138 g/mol. The van der Waals surface area contributed by atoms with Crippen LogP contribution in [-0.2, 0) is 4.74 Å². The summed E-state index contributed by atoms with van der Waals surface area (Å²) in [6.07, 6.45) is 5.58. The maximum absolute atomic E-state index is 5.02. The lowest BCUT2D eigenvalue weighted by atomic mass is 9.96. The maximum Gasteiger partial charge on any atom is 0.0673 e. The summed E-state index contributed by atoms with van der Waals surface area (Å²) in [4.78, 5) is 0. The molecule has 1 aliphatic carbocycles. The highest BCUT2D eigenvalue weighted by Gasteiger charge is 2.04. The highest BCUT2D eigenvalue weighted by atomic mass is 16.5. The number of ether oxygens (including phenoxy) is 1. The molecule has 0 amide bonds. The summed E-state index contributed by atoms with van der Waals surface area (Å²) in [6, 6.07) is 0. The van der Waals surface area contributed by atoms with E-state index in [0.717, 1.165) is 25.9 Å². The molecule has 0 bridgehead atoms. The summed E-state index contributed by atoms with van der Waals surface area (Å²) in [7, 11) is 1.74. The molecule has 0 saturated heterocycles.